The number of aromatic hydroxyl groups is 1. The highest BCUT2D eigenvalue weighted by Gasteiger charge is 2.03. The number of nitrogens with zero attached hydrogens (tertiary/aromatic N) is 2. The maximum absolute atomic E-state index is 9.16. The van der Waals surface area contributed by atoms with Crippen LogP contribution < -0.4 is 0 Å². The summed E-state index contributed by atoms with van der Waals surface area (Å²) in [4.78, 5) is 3.81. The molecule has 11 heavy (non-hydrogen) atoms. The summed E-state index contributed by atoms with van der Waals surface area (Å²) in [6.07, 6.45) is 1.52. The van der Waals surface area contributed by atoms with E-state index in [1.165, 1.54) is 12.3 Å². The maximum atomic E-state index is 9.16. The minimum atomic E-state index is 0.0165. The highest BCUT2D eigenvalue weighted by molar-refractivity contribution is 5.98. The van der Waals surface area contributed by atoms with Gasteiger partial charge in [0.2, 0.25) is 0 Å². The Bertz CT molecular complexity index is 284. The number of hydrogen-bond acceptors (Lipinski definition) is 4. The molecule has 1 aromatic rings. The number of hydrogen-bond donors (Lipinski definition) is 2. The van der Waals surface area contributed by atoms with Gasteiger partial charge in [-0.25, -0.2) is 0 Å². The highest BCUT2D eigenvalue weighted by Crippen LogP contribution is 2.12. The lowest BCUT2D eigenvalue weighted by Gasteiger charge is -1.98. The average molecular weight is 152 g/mol. The number of pyridine rings is 1. The molecule has 58 valence electrons. The van der Waals surface area contributed by atoms with Gasteiger partial charge in [0, 0.05) is 6.20 Å². The van der Waals surface area contributed by atoms with E-state index in [0.717, 1.165) is 0 Å². The average Bonchev–Trinajstić information content (AvgIpc) is 2.04. The van der Waals surface area contributed by atoms with Crippen LogP contribution in [0.3, 0.4) is 0 Å². The summed E-state index contributed by atoms with van der Waals surface area (Å²) >= 11 is 0. The van der Waals surface area contributed by atoms with Gasteiger partial charge in [0.05, 0.1) is 0 Å². The van der Waals surface area contributed by atoms with Crippen molar-refractivity contribution in [1.82, 2.24) is 4.98 Å². The molecule has 0 radical (unpaired) electrons. The molecule has 0 amide bonds. The predicted octanol–water partition coefficient (Wildman–Crippen LogP) is 0.985. The zero-order valence-corrected chi connectivity index (χ0v) is 6.02. The van der Waals surface area contributed by atoms with Crippen molar-refractivity contribution >= 4 is 5.71 Å². The van der Waals surface area contributed by atoms with E-state index in [-0.39, 0.29) is 5.75 Å². The van der Waals surface area contributed by atoms with Crippen molar-refractivity contribution in [2.45, 2.75) is 6.92 Å². The van der Waals surface area contributed by atoms with E-state index in [1.54, 1.807) is 13.0 Å². The smallest absolute Gasteiger partial charge is 0.143 e. The summed E-state index contributed by atoms with van der Waals surface area (Å²) in [5, 5.41) is 20.4. The van der Waals surface area contributed by atoms with Crippen molar-refractivity contribution in [2.75, 3.05) is 0 Å². The van der Waals surface area contributed by atoms with Crippen LogP contribution in [0.25, 0.3) is 0 Å². The zero-order valence-electron chi connectivity index (χ0n) is 6.02. The Hall–Kier alpha value is -1.58. The van der Waals surface area contributed by atoms with Crippen LogP contribution in [0.5, 0.6) is 5.75 Å². The van der Waals surface area contributed by atoms with Crippen LogP contribution in [0.15, 0.2) is 23.5 Å². The molecule has 0 saturated carbocycles. The van der Waals surface area contributed by atoms with E-state index in [4.69, 9.17) is 10.3 Å². The topological polar surface area (TPSA) is 65.7 Å². The van der Waals surface area contributed by atoms with E-state index in [0.29, 0.717) is 11.4 Å². The number of rotatable bonds is 1. The summed E-state index contributed by atoms with van der Waals surface area (Å²) in [6.45, 7) is 1.56. The second kappa shape index (κ2) is 3.01. The van der Waals surface area contributed by atoms with Crippen LogP contribution in [-0.2, 0) is 0 Å². The lowest BCUT2D eigenvalue weighted by Crippen LogP contribution is -1.97. The molecule has 0 atom stereocenters. The molecule has 0 saturated heterocycles. The van der Waals surface area contributed by atoms with Gasteiger partial charge in [-0.3, -0.25) is 4.98 Å². The van der Waals surface area contributed by atoms with Crippen LogP contribution in [0, 0.1) is 0 Å². The highest BCUT2D eigenvalue weighted by atomic mass is 16.4. The molecule has 4 heteroatoms. The van der Waals surface area contributed by atoms with E-state index in [9.17, 15) is 0 Å². The van der Waals surface area contributed by atoms with Crippen LogP contribution in [0.4, 0.5) is 0 Å². The third-order valence-corrected chi connectivity index (χ3v) is 1.28. The Morgan fingerprint density at radius 1 is 1.64 bits per heavy atom. The van der Waals surface area contributed by atoms with Gasteiger partial charge in [0.1, 0.15) is 17.2 Å². The largest absolute Gasteiger partial charge is 0.506 e. The van der Waals surface area contributed by atoms with Gasteiger partial charge in [-0.2, -0.15) is 0 Å². The molecule has 0 unspecified atom stereocenters. The lowest BCUT2D eigenvalue weighted by molar-refractivity contribution is 0.318. The molecular formula is C7H8N2O2. The third-order valence-electron chi connectivity index (χ3n) is 1.28. The molecule has 0 bridgehead atoms. The molecule has 0 aliphatic carbocycles. The minimum absolute atomic E-state index is 0.0165. The van der Waals surface area contributed by atoms with Gasteiger partial charge in [0.15, 0.2) is 0 Å². The summed E-state index contributed by atoms with van der Waals surface area (Å²) in [5.74, 6) is 0.0165. The van der Waals surface area contributed by atoms with E-state index in [1.807, 2.05) is 0 Å². The molecule has 1 heterocycles. The molecule has 4 nitrogen and oxygen atoms in total. The second-order valence-corrected chi connectivity index (χ2v) is 2.06. The first-order valence-corrected chi connectivity index (χ1v) is 3.08. The van der Waals surface area contributed by atoms with Gasteiger partial charge < -0.3 is 10.3 Å². The van der Waals surface area contributed by atoms with Crippen molar-refractivity contribution in [3.8, 4) is 5.75 Å². The van der Waals surface area contributed by atoms with Crippen molar-refractivity contribution in [2.24, 2.45) is 5.16 Å². The first-order chi connectivity index (χ1) is 5.25. The second-order valence-electron chi connectivity index (χ2n) is 2.06. The van der Waals surface area contributed by atoms with Gasteiger partial charge in [0.25, 0.3) is 0 Å². The Morgan fingerprint density at radius 3 is 2.91 bits per heavy atom. The molecule has 0 spiro atoms. The third kappa shape index (κ3) is 1.46. The molecule has 0 aliphatic rings. The molecule has 0 aliphatic heterocycles. The van der Waals surface area contributed by atoms with E-state index >= 15 is 0 Å². The minimum Gasteiger partial charge on any atom is -0.506 e. The Kier molecular flexibility index (Phi) is 2.06. The molecule has 1 rings (SSSR count). The monoisotopic (exact) mass is 152 g/mol. The van der Waals surface area contributed by atoms with Crippen LogP contribution in [0.1, 0.15) is 12.6 Å². The Morgan fingerprint density at radius 2 is 2.36 bits per heavy atom. The molecule has 2 N–H and O–H groups in total. The quantitative estimate of drug-likeness (QED) is 0.358. The molecule has 1 aromatic heterocycles. The Labute approximate surface area is 63.8 Å². The summed E-state index contributed by atoms with van der Waals surface area (Å²) in [5.41, 5.74) is 0.595. The van der Waals surface area contributed by atoms with Gasteiger partial charge >= 0.3 is 0 Å². The predicted molar refractivity (Wildman–Crippen MR) is 39.9 cm³/mol. The van der Waals surface area contributed by atoms with Crippen LogP contribution in [0.2, 0.25) is 0 Å². The van der Waals surface area contributed by atoms with Crippen molar-refractivity contribution < 1.29 is 10.3 Å². The fourth-order valence-electron chi connectivity index (χ4n) is 0.723. The molecular weight excluding hydrogens is 144 g/mol. The van der Waals surface area contributed by atoms with Crippen molar-refractivity contribution in [3.63, 3.8) is 0 Å². The molecule has 0 aromatic carbocycles. The first kappa shape index (κ1) is 7.53. The van der Waals surface area contributed by atoms with Gasteiger partial charge in [-0.1, -0.05) is 5.16 Å². The fourth-order valence-corrected chi connectivity index (χ4v) is 0.723. The lowest BCUT2D eigenvalue weighted by atomic mass is 10.2. The standard InChI is InChI=1S/C7H8N2O2/c1-5(9-11)7-6(10)3-2-4-8-7/h2-4,10-11H,1H3/b9-5+. The Balaban J connectivity index is 3.14. The number of oxime groups is 1. The maximum Gasteiger partial charge on any atom is 0.143 e. The van der Waals surface area contributed by atoms with Crippen molar-refractivity contribution in [1.29, 1.82) is 0 Å². The van der Waals surface area contributed by atoms with Crippen LogP contribution in [-0.4, -0.2) is 21.0 Å². The van der Waals surface area contributed by atoms with E-state index < -0.39 is 0 Å². The summed E-state index contributed by atoms with van der Waals surface area (Å²) in [6, 6.07) is 3.08. The van der Waals surface area contributed by atoms with Crippen LogP contribution >= 0.6 is 0 Å². The van der Waals surface area contributed by atoms with Gasteiger partial charge in [-0.05, 0) is 19.1 Å². The fraction of sp³-hybridized carbons (Fsp3) is 0.143. The summed E-state index contributed by atoms with van der Waals surface area (Å²) in [7, 11) is 0. The first-order valence-electron chi connectivity index (χ1n) is 3.08. The normalized spacial score (nSPS) is 11.5. The summed E-state index contributed by atoms with van der Waals surface area (Å²) < 4.78 is 0. The van der Waals surface area contributed by atoms with Gasteiger partial charge in [-0.15, -0.1) is 0 Å². The van der Waals surface area contributed by atoms with Crippen molar-refractivity contribution in [3.05, 3.63) is 24.0 Å². The molecule has 0 fully saturated rings. The van der Waals surface area contributed by atoms with E-state index in [2.05, 4.69) is 10.1 Å². The SMILES string of the molecule is C/C(=N\O)c1ncccc1O. The number of aromatic nitrogens is 1. The zero-order chi connectivity index (χ0) is 8.27.